The Morgan fingerprint density at radius 3 is 2.79 bits per heavy atom. The van der Waals surface area contributed by atoms with Crippen molar-refractivity contribution in [1.82, 2.24) is 4.98 Å². The number of halogens is 1. The predicted octanol–water partition coefficient (Wildman–Crippen LogP) is 5.51. The molecular formula is C21H19BrN2O5. The molecule has 150 valence electrons. The first kappa shape index (κ1) is 20.7. The van der Waals surface area contributed by atoms with E-state index in [-0.39, 0.29) is 17.5 Å². The highest BCUT2D eigenvalue weighted by Crippen LogP contribution is 2.39. The molecule has 2 atom stereocenters. The van der Waals surface area contributed by atoms with Crippen LogP contribution in [0.2, 0.25) is 0 Å². The number of benzene rings is 2. The van der Waals surface area contributed by atoms with Crippen LogP contribution in [0.5, 0.6) is 0 Å². The summed E-state index contributed by atoms with van der Waals surface area (Å²) < 4.78 is 11.5. The molecule has 7 nitrogen and oxygen atoms in total. The number of nitro benzene ring substituents is 1. The molecule has 0 amide bonds. The van der Waals surface area contributed by atoms with Crippen molar-refractivity contribution < 1.29 is 18.9 Å². The summed E-state index contributed by atoms with van der Waals surface area (Å²) in [5.41, 5.74) is 1.93. The van der Waals surface area contributed by atoms with Gasteiger partial charge in [-0.3, -0.25) is 10.1 Å². The van der Waals surface area contributed by atoms with Gasteiger partial charge in [0.1, 0.15) is 5.52 Å². The third kappa shape index (κ3) is 4.71. The van der Waals surface area contributed by atoms with Crippen molar-refractivity contribution in [3.63, 3.8) is 0 Å². The Labute approximate surface area is 175 Å². The Kier molecular flexibility index (Phi) is 6.43. The molecule has 3 aromatic rings. The summed E-state index contributed by atoms with van der Waals surface area (Å²) in [7, 11) is 1.33. The number of carbonyl (C=O) groups excluding carboxylic acids is 1. The third-order valence-electron chi connectivity index (χ3n) is 4.74. The normalized spacial score (nSPS) is 13.5. The van der Waals surface area contributed by atoms with Gasteiger partial charge in [0.15, 0.2) is 11.5 Å². The summed E-state index contributed by atoms with van der Waals surface area (Å²) in [4.78, 5) is 26.5. The van der Waals surface area contributed by atoms with Gasteiger partial charge in [0, 0.05) is 22.5 Å². The molecule has 0 saturated carbocycles. The lowest BCUT2D eigenvalue weighted by molar-refractivity contribution is -0.384. The number of esters is 1. The van der Waals surface area contributed by atoms with Gasteiger partial charge in [-0.2, -0.15) is 0 Å². The number of carbonyl (C=O) groups is 1. The summed E-state index contributed by atoms with van der Waals surface area (Å²) >= 11 is 3.59. The topological polar surface area (TPSA) is 95.5 Å². The van der Waals surface area contributed by atoms with Crippen molar-refractivity contribution in [2.24, 2.45) is 0 Å². The largest absolute Gasteiger partial charge is 0.466 e. The number of non-ortho nitro benzene ring substituents is 1. The highest BCUT2D eigenvalue weighted by atomic mass is 79.9. The first-order valence-electron chi connectivity index (χ1n) is 8.94. The maximum atomic E-state index is 11.4. The molecule has 8 heteroatoms. The summed E-state index contributed by atoms with van der Waals surface area (Å²) in [5, 5.41) is 11.0. The third-order valence-corrected chi connectivity index (χ3v) is 5.46. The van der Waals surface area contributed by atoms with Crippen LogP contribution in [-0.2, 0) is 9.53 Å². The molecule has 3 rings (SSSR count). The van der Waals surface area contributed by atoms with Crippen LogP contribution >= 0.6 is 15.9 Å². The maximum Gasteiger partial charge on any atom is 0.330 e. The molecule has 1 aromatic heterocycles. The molecule has 0 radical (unpaired) electrons. The lowest BCUT2D eigenvalue weighted by Gasteiger charge is -2.22. The van der Waals surface area contributed by atoms with Gasteiger partial charge in [0.2, 0.25) is 0 Å². The fourth-order valence-corrected chi connectivity index (χ4v) is 3.75. The van der Waals surface area contributed by atoms with Gasteiger partial charge in [0.05, 0.1) is 18.1 Å². The van der Waals surface area contributed by atoms with E-state index in [0.717, 1.165) is 10.0 Å². The van der Waals surface area contributed by atoms with E-state index in [1.54, 1.807) is 12.1 Å². The zero-order valence-electron chi connectivity index (χ0n) is 15.9. The van der Waals surface area contributed by atoms with Gasteiger partial charge in [-0.05, 0) is 30.0 Å². The predicted molar refractivity (Wildman–Crippen MR) is 112 cm³/mol. The number of allylic oxidation sites excluding steroid dienone is 1. The van der Waals surface area contributed by atoms with Crippen molar-refractivity contribution in [3.05, 3.63) is 80.7 Å². The number of hydrogen-bond acceptors (Lipinski definition) is 6. The zero-order valence-corrected chi connectivity index (χ0v) is 17.5. The van der Waals surface area contributed by atoms with Gasteiger partial charge in [0.25, 0.3) is 5.69 Å². The van der Waals surface area contributed by atoms with E-state index in [0.29, 0.717) is 23.4 Å². The van der Waals surface area contributed by atoms with Crippen molar-refractivity contribution in [2.45, 2.75) is 25.2 Å². The van der Waals surface area contributed by atoms with E-state index < -0.39 is 10.9 Å². The molecule has 0 spiro atoms. The van der Waals surface area contributed by atoms with E-state index in [9.17, 15) is 14.9 Å². The minimum atomic E-state index is -0.466. The fourth-order valence-electron chi connectivity index (χ4n) is 3.17. The van der Waals surface area contributed by atoms with Crippen LogP contribution in [0.15, 0.2) is 63.5 Å². The van der Waals surface area contributed by atoms with Crippen LogP contribution in [0, 0.1) is 10.1 Å². The lowest BCUT2D eigenvalue weighted by atomic mass is 9.84. The number of ether oxygens (including phenoxy) is 1. The number of nitro groups is 1. The summed E-state index contributed by atoms with van der Waals surface area (Å²) in [6, 6.07) is 12.2. The molecule has 0 fully saturated rings. The van der Waals surface area contributed by atoms with Gasteiger partial charge in [-0.15, -0.1) is 0 Å². The minimum absolute atomic E-state index is 0.0452. The van der Waals surface area contributed by atoms with Crippen molar-refractivity contribution in [3.8, 4) is 0 Å². The number of nitrogens with zero attached hydrogens (tertiary/aromatic N) is 2. The van der Waals surface area contributed by atoms with Crippen molar-refractivity contribution >= 4 is 38.7 Å². The lowest BCUT2D eigenvalue weighted by Crippen LogP contribution is -2.09. The average molecular weight is 459 g/mol. The SMILES string of the molecule is COC(=O)/C=C/C[C@@H](c1ccccc1Br)C(C)c1nc2ccc([N+](=O)[O-])cc2o1. The van der Waals surface area contributed by atoms with Crippen molar-refractivity contribution in [2.75, 3.05) is 7.11 Å². The molecule has 29 heavy (non-hydrogen) atoms. The smallest absolute Gasteiger partial charge is 0.330 e. The number of rotatable bonds is 7. The number of oxazole rings is 1. The molecule has 2 aromatic carbocycles. The Balaban J connectivity index is 1.97. The number of methoxy groups -OCH3 is 1. The van der Waals surface area contributed by atoms with Gasteiger partial charge in [-0.25, -0.2) is 9.78 Å². The fraction of sp³-hybridized carbons (Fsp3) is 0.238. The van der Waals surface area contributed by atoms with Gasteiger partial charge >= 0.3 is 5.97 Å². The molecular weight excluding hydrogens is 440 g/mol. The number of aromatic nitrogens is 1. The average Bonchev–Trinajstić information content (AvgIpc) is 3.14. The molecule has 0 N–H and O–H groups in total. The first-order chi connectivity index (χ1) is 13.9. The molecule has 0 bridgehead atoms. The second kappa shape index (κ2) is 9.00. The Morgan fingerprint density at radius 1 is 1.34 bits per heavy atom. The molecule has 0 aliphatic rings. The van der Waals surface area contributed by atoms with E-state index in [1.807, 2.05) is 31.2 Å². The molecule has 0 aliphatic carbocycles. The van der Waals surface area contributed by atoms with E-state index in [2.05, 4.69) is 25.7 Å². The Morgan fingerprint density at radius 2 is 2.10 bits per heavy atom. The van der Waals surface area contributed by atoms with E-state index >= 15 is 0 Å². The highest BCUT2D eigenvalue weighted by Gasteiger charge is 2.26. The summed E-state index contributed by atoms with van der Waals surface area (Å²) in [6.07, 6.45) is 3.71. The second-order valence-electron chi connectivity index (χ2n) is 6.54. The quantitative estimate of drug-likeness (QED) is 0.200. The van der Waals surface area contributed by atoms with Crippen LogP contribution in [0.1, 0.15) is 36.6 Å². The van der Waals surface area contributed by atoms with E-state index in [1.165, 1.54) is 25.3 Å². The van der Waals surface area contributed by atoms with Crippen LogP contribution < -0.4 is 0 Å². The summed E-state index contributed by atoms with van der Waals surface area (Å²) in [5.74, 6) is -0.137. The minimum Gasteiger partial charge on any atom is -0.466 e. The van der Waals surface area contributed by atoms with Crippen LogP contribution in [0.4, 0.5) is 5.69 Å². The van der Waals surface area contributed by atoms with Crippen LogP contribution in [0.3, 0.4) is 0 Å². The first-order valence-corrected chi connectivity index (χ1v) is 9.73. The van der Waals surface area contributed by atoms with Gasteiger partial charge in [-0.1, -0.05) is 47.1 Å². The number of fused-ring (bicyclic) bond motifs is 1. The summed E-state index contributed by atoms with van der Waals surface area (Å²) in [6.45, 7) is 1.98. The molecule has 1 unspecified atom stereocenters. The molecule has 0 aliphatic heterocycles. The number of hydrogen-bond donors (Lipinski definition) is 0. The maximum absolute atomic E-state index is 11.4. The Hall–Kier alpha value is -3.00. The monoisotopic (exact) mass is 458 g/mol. The standard InChI is InChI=1S/C21H19BrN2O5/c1-13(21-23-18-11-10-14(24(26)27)12-19(18)29-21)15(7-5-9-20(25)28-2)16-6-3-4-8-17(16)22/h3-6,8-13,15H,7H2,1-2H3/b9-5+/t13?,15-/m1/s1. The Bertz CT molecular complexity index is 1080. The van der Waals surface area contributed by atoms with Crippen molar-refractivity contribution in [1.29, 1.82) is 0 Å². The second-order valence-corrected chi connectivity index (χ2v) is 7.39. The van der Waals surface area contributed by atoms with Gasteiger partial charge < -0.3 is 9.15 Å². The zero-order chi connectivity index (χ0) is 21.0. The molecule has 0 saturated heterocycles. The van der Waals surface area contributed by atoms with E-state index in [4.69, 9.17) is 4.42 Å². The van der Waals surface area contributed by atoms with Crippen LogP contribution in [0.25, 0.3) is 11.1 Å². The highest BCUT2D eigenvalue weighted by molar-refractivity contribution is 9.10. The molecule has 1 heterocycles. The van der Waals surface area contributed by atoms with Crippen LogP contribution in [-0.4, -0.2) is 23.0 Å².